The molecule has 0 saturated carbocycles. The normalized spacial score (nSPS) is 11.2. The fraction of sp³-hybridized carbons (Fsp3) is 0.250. The minimum atomic E-state index is -4.50. The smallest absolute Gasteiger partial charge is 0.294 e. The second kappa shape index (κ2) is 4.51. The number of alkyl halides is 3. The average Bonchev–Trinajstić information content (AvgIpc) is 2.15. The van der Waals surface area contributed by atoms with Gasteiger partial charge in [-0.2, -0.15) is 13.2 Å². The van der Waals surface area contributed by atoms with Crippen LogP contribution in [0.2, 0.25) is 0 Å². The first-order valence-corrected chi connectivity index (χ1v) is 4.66. The third-order valence-electron chi connectivity index (χ3n) is 2.00. The Morgan fingerprint density at radius 3 is 2.38 bits per heavy atom. The lowest BCUT2D eigenvalue weighted by molar-refractivity contribution is -0.137. The number of halogens is 3. The van der Waals surface area contributed by atoms with Crippen molar-refractivity contribution in [3.8, 4) is 0 Å². The lowest BCUT2D eigenvalue weighted by atomic mass is 9.99. The Hall–Kier alpha value is -1.58. The first-order chi connectivity index (χ1) is 7.32. The standard InChI is InChI=1S/C12H11F3O/c1-8(2)7-11(16)9-5-3-4-6-10(9)12(13,14)15/h3-6H,1,7H2,2H3. The van der Waals surface area contributed by atoms with E-state index in [-0.39, 0.29) is 12.0 Å². The van der Waals surface area contributed by atoms with Gasteiger partial charge in [-0.3, -0.25) is 4.79 Å². The Kier molecular flexibility index (Phi) is 3.52. The van der Waals surface area contributed by atoms with Crippen LogP contribution in [-0.4, -0.2) is 5.78 Å². The Morgan fingerprint density at radius 1 is 1.31 bits per heavy atom. The summed E-state index contributed by atoms with van der Waals surface area (Å²) in [4.78, 5) is 11.6. The summed E-state index contributed by atoms with van der Waals surface area (Å²) in [5.74, 6) is -0.555. The molecule has 0 saturated heterocycles. The predicted octanol–water partition coefficient (Wildman–Crippen LogP) is 3.85. The van der Waals surface area contributed by atoms with Crippen molar-refractivity contribution in [2.45, 2.75) is 19.5 Å². The second-order valence-corrected chi connectivity index (χ2v) is 3.60. The lowest BCUT2D eigenvalue weighted by Crippen LogP contribution is -2.13. The van der Waals surface area contributed by atoms with E-state index in [0.717, 1.165) is 6.07 Å². The average molecular weight is 228 g/mol. The first-order valence-electron chi connectivity index (χ1n) is 4.66. The summed E-state index contributed by atoms with van der Waals surface area (Å²) in [6.07, 6.45) is -4.56. The van der Waals surface area contributed by atoms with Crippen LogP contribution in [0, 0.1) is 0 Å². The maximum atomic E-state index is 12.6. The van der Waals surface area contributed by atoms with Gasteiger partial charge >= 0.3 is 6.18 Å². The van der Waals surface area contributed by atoms with Crippen LogP contribution in [0.4, 0.5) is 13.2 Å². The molecule has 0 spiro atoms. The molecular weight excluding hydrogens is 217 g/mol. The molecule has 0 N–H and O–H groups in total. The van der Waals surface area contributed by atoms with Crippen molar-refractivity contribution in [1.29, 1.82) is 0 Å². The van der Waals surface area contributed by atoms with Crippen molar-refractivity contribution < 1.29 is 18.0 Å². The number of carbonyl (C=O) groups is 1. The highest BCUT2D eigenvalue weighted by atomic mass is 19.4. The fourth-order valence-electron chi connectivity index (χ4n) is 1.34. The van der Waals surface area contributed by atoms with Gasteiger partial charge in [0.25, 0.3) is 0 Å². The van der Waals surface area contributed by atoms with Gasteiger partial charge in [-0.15, -0.1) is 0 Å². The largest absolute Gasteiger partial charge is 0.417 e. The summed E-state index contributed by atoms with van der Waals surface area (Å²) in [6, 6.07) is 4.78. The summed E-state index contributed by atoms with van der Waals surface area (Å²) >= 11 is 0. The van der Waals surface area contributed by atoms with Crippen LogP contribution < -0.4 is 0 Å². The van der Waals surface area contributed by atoms with Crippen molar-refractivity contribution >= 4 is 5.78 Å². The highest BCUT2D eigenvalue weighted by Gasteiger charge is 2.34. The van der Waals surface area contributed by atoms with E-state index in [1.54, 1.807) is 6.92 Å². The predicted molar refractivity (Wildman–Crippen MR) is 55.2 cm³/mol. The fourth-order valence-corrected chi connectivity index (χ4v) is 1.34. The summed E-state index contributed by atoms with van der Waals surface area (Å²) in [5, 5.41) is 0. The van der Waals surface area contributed by atoms with Crippen LogP contribution in [0.15, 0.2) is 36.4 Å². The SMILES string of the molecule is C=C(C)CC(=O)c1ccccc1C(F)(F)F. The molecule has 86 valence electrons. The molecule has 0 aromatic heterocycles. The number of allylic oxidation sites excluding steroid dienone is 1. The molecule has 1 nitrogen and oxygen atoms in total. The van der Waals surface area contributed by atoms with E-state index in [4.69, 9.17) is 0 Å². The molecule has 0 aliphatic heterocycles. The minimum Gasteiger partial charge on any atom is -0.294 e. The number of hydrogen-bond acceptors (Lipinski definition) is 1. The van der Waals surface area contributed by atoms with Crippen LogP contribution in [0.1, 0.15) is 29.3 Å². The number of hydrogen-bond donors (Lipinski definition) is 0. The number of Topliss-reactive ketones (excluding diaryl/α,β-unsaturated/α-hetero) is 1. The zero-order chi connectivity index (χ0) is 12.3. The van der Waals surface area contributed by atoms with Crippen molar-refractivity contribution in [3.63, 3.8) is 0 Å². The molecule has 1 aromatic carbocycles. The molecule has 0 fully saturated rings. The van der Waals surface area contributed by atoms with Crippen molar-refractivity contribution in [3.05, 3.63) is 47.5 Å². The monoisotopic (exact) mass is 228 g/mol. The molecule has 0 aliphatic rings. The third kappa shape index (κ3) is 2.95. The van der Waals surface area contributed by atoms with Gasteiger partial charge in [0.05, 0.1) is 5.56 Å². The van der Waals surface area contributed by atoms with Gasteiger partial charge in [-0.25, -0.2) is 0 Å². The van der Waals surface area contributed by atoms with Crippen LogP contribution in [-0.2, 0) is 6.18 Å². The van der Waals surface area contributed by atoms with E-state index in [0.29, 0.717) is 5.57 Å². The van der Waals surface area contributed by atoms with Crippen LogP contribution in [0.5, 0.6) is 0 Å². The molecule has 0 unspecified atom stereocenters. The van der Waals surface area contributed by atoms with E-state index in [2.05, 4.69) is 6.58 Å². The molecule has 0 aliphatic carbocycles. The summed E-state index contributed by atoms with van der Waals surface area (Å²) < 4.78 is 37.7. The molecule has 1 aromatic rings. The molecule has 0 heterocycles. The molecule has 0 atom stereocenters. The van der Waals surface area contributed by atoms with Gasteiger partial charge in [-0.1, -0.05) is 30.4 Å². The van der Waals surface area contributed by atoms with Gasteiger partial charge in [-0.05, 0) is 13.0 Å². The van der Waals surface area contributed by atoms with Crippen LogP contribution in [0.3, 0.4) is 0 Å². The maximum Gasteiger partial charge on any atom is 0.417 e. The van der Waals surface area contributed by atoms with Gasteiger partial charge in [0, 0.05) is 12.0 Å². The minimum absolute atomic E-state index is 0.0624. The van der Waals surface area contributed by atoms with Crippen molar-refractivity contribution in [2.75, 3.05) is 0 Å². The summed E-state index contributed by atoms with van der Waals surface area (Å²) in [5.41, 5.74) is -0.638. The topological polar surface area (TPSA) is 17.1 Å². The molecule has 0 bridgehead atoms. The van der Waals surface area contributed by atoms with E-state index in [1.807, 2.05) is 0 Å². The zero-order valence-electron chi connectivity index (χ0n) is 8.77. The molecule has 16 heavy (non-hydrogen) atoms. The molecule has 4 heteroatoms. The number of rotatable bonds is 3. The zero-order valence-corrected chi connectivity index (χ0v) is 8.77. The Bertz CT molecular complexity index is 419. The lowest BCUT2D eigenvalue weighted by Gasteiger charge is -2.11. The summed E-state index contributed by atoms with van der Waals surface area (Å²) in [7, 11) is 0. The molecule has 0 radical (unpaired) electrons. The van der Waals surface area contributed by atoms with E-state index >= 15 is 0 Å². The number of ketones is 1. The number of benzene rings is 1. The number of carbonyl (C=O) groups excluding carboxylic acids is 1. The third-order valence-corrected chi connectivity index (χ3v) is 2.00. The molecule has 0 amide bonds. The first kappa shape index (κ1) is 12.5. The Labute approximate surface area is 91.6 Å². The van der Waals surface area contributed by atoms with Gasteiger partial charge in [0.2, 0.25) is 0 Å². The second-order valence-electron chi connectivity index (χ2n) is 3.60. The van der Waals surface area contributed by atoms with Gasteiger partial charge in [0.15, 0.2) is 5.78 Å². The van der Waals surface area contributed by atoms with Gasteiger partial charge in [0.1, 0.15) is 0 Å². The molecule has 1 rings (SSSR count). The van der Waals surface area contributed by atoms with Gasteiger partial charge < -0.3 is 0 Å². The Morgan fingerprint density at radius 2 is 1.88 bits per heavy atom. The molecular formula is C12H11F3O. The quantitative estimate of drug-likeness (QED) is 0.567. The summed E-state index contributed by atoms with van der Waals surface area (Å²) in [6.45, 7) is 5.12. The Balaban J connectivity index is 3.14. The highest BCUT2D eigenvalue weighted by molar-refractivity contribution is 5.98. The van der Waals surface area contributed by atoms with Crippen molar-refractivity contribution in [2.24, 2.45) is 0 Å². The van der Waals surface area contributed by atoms with Crippen molar-refractivity contribution in [1.82, 2.24) is 0 Å². The van der Waals surface area contributed by atoms with Crippen LogP contribution >= 0.6 is 0 Å². The maximum absolute atomic E-state index is 12.6. The van der Waals surface area contributed by atoms with E-state index in [1.165, 1.54) is 18.2 Å². The van der Waals surface area contributed by atoms with Crippen LogP contribution in [0.25, 0.3) is 0 Å². The van der Waals surface area contributed by atoms with E-state index in [9.17, 15) is 18.0 Å². The van der Waals surface area contributed by atoms with E-state index < -0.39 is 17.5 Å². The highest BCUT2D eigenvalue weighted by Crippen LogP contribution is 2.32.